The van der Waals surface area contributed by atoms with Gasteiger partial charge in [0.15, 0.2) is 6.39 Å². The van der Waals surface area contributed by atoms with Crippen molar-refractivity contribution in [2.24, 2.45) is 0 Å². The highest BCUT2D eigenvalue weighted by Gasteiger charge is 2.13. The lowest BCUT2D eigenvalue weighted by Crippen LogP contribution is -1.97. The third-order valence-electron chi connectivity index (χ3n) is 2.21. The van der Waals surface area contributed by atoms with Crippen LogP contribution in [0.25, 0.3) is 11.3 Å². The van der Waals surface area contributed by atoms with Gasteiger partial charge in [-0.05, 0) is 19.1 Å². The van der Waals surface area contributed by atoms with E-state index in [2.05, 4.69) is 4.98 Å². The van der Waals surface area contributed by atoms with Crippen LogP contribution >= 0.6 is 11.6 Å². The van der Waals surface area contributed by atoms with Crippen molar-refractivity contribution in [3.05, 3.63) is 40.9 Å². The van der Waals surface area contributed by atoms with Gasteiger partial charge in [0.05, 0.1) is 10.6 Å². The highest BCUT2D eigenvalue weighted by Crippen LogP contribution is 2.26. The molecule has 0 fully saturated rings. The van der Waals surface area contributed by atoms with E-state index >= 15 is 0 Å². The zero-order chi connectivity index (χ0) is 11.7. The van der Waals surface area contributed by atoms with Crippen LogP contribution in [-0.4, -0.2) is 16.1 Å². The standard InChI is InChI=1S/C11H8ClNO3/c1-6-10(13-5-16-6)7-2-3-9(12)8(4-7)11(14)15/h2-5H,1H3,(H,14,15). The molecule has 0 saturated carbocycles. The number of oxazole rings is 1. The molecule has 0 saturated heterocycles. The van der Waals surface area contributed by atoms with Gasteiger partial charge in [-0.1, -0.05) is 17.7 Å². The van der Waals surface area contributed by atoms with E-state index in [4.69, 9.17) is 21.1 Å². The molecule has 4 nitrogen and oxygen atoms in total. The minimum Gasteiger partial charge on any atom is -0.478 e. The Labute approximate surface area is 96.5 Å². The third-order valence-corrected chi connectivity index (χ3v) is 2.54. The molecule has 5 heteroatoms. The molecule has 1 heterocycles. The van der Waals surface area contributed by atoms with E-state index in [1.54, 1.807) is 13.0 Å². The lowest BCUT2D eigenvalue weighted by atomic mass is 10.1. The van der Waals surface area contributed by atoms with E-state index in [1.165, 1.54) is 18.5 Å². The second-order valence-electron chi connectivity index (χ2n) is 3.26. The number of carboxylic acid groups (broad SMARTS) is 1. The van der Waals surface area contributed by atoms with Crippen molar-refractivity contribution in [3.63, 3.8) is 0 Å². The second-order valence-corrected chi connectivity index (χ2v) is 3.66. The molecule has 0 spiro atoms. The summed E-state index contributed by atoms with van der Waals surface area (Å²) >= 11 is 5.77. The number of aromatic nitrogens is 1. The fraction of sp³-hybridized carbons (Fsp3) is 0.0909. The first-order chi connectivity index (χ1) is 7.59. The van der Waals surface area contributed by atoms with Crippen LogP contribution in [0.2, 0.25) is 5.02 Å². The Bertz CT molecular complexity index is 548. The molecule has 2 rings (SSSR count). The number of aromatic carboxylic acids is 1. The number of carbonyl (C=O) groups is 1. The van der Waals surface area contributed by atoms with Gasteiger partial charge in [-0.3, -0.25) is 0 Å². The summed E-state index contributed by atoms with van der Waals surface area (Å²) in [4.78, 5) is 14.9. The van der Waals surface area contributed by atoms with E-state index in [1.807, 2.05) is 0 Å². The van der Waals surface area contributed by atoms with Crippen molar-refractivity contribution in [3.8, 4) is 11.3 Å². The molecule has 0 aliphatic heterocycles. The number of halogens is 1. The molecule has 2 aromatic rings. The molecule has 1 N–H and O–H groups in total. The van der Waals surface area contributed by atoms with Gasteiger partial charge < -0.3 is 9.52 Å². The first kappa shape index (κ1) is 10.7. The molecule has 0 aliphatic carbocycles. The van der Waals surface area contributed by atoms with Crippen LogP contribution in [0, 0.1) is 6.92 Å². The fourth-order valence-electron chi connectivity index (χ4n) is 1.42. The Morgan fingerprint density at radius 3 is 2.81 bits per heavy atom. The van der Waals surface area contributed by atoms with Crippen molar-refractivity contribution >= 4 is 17.6 Å². The minimum atomic E-state index is -1.06. The van der Waals surface area contributed by atoms with Crippen LogP contribution in [-0.2, 0) is 0 Å². The van der Waals surface area contributed by atoms with Crippen LogP contribution in [0.4, 0.5) is 0 Å². The van der Waals surface area contributed by atoms with Crippen molar-refractivity contribution in [2.75, 3.05) is 0 Å². The molecular formula is C11H8ClNO3. The quantitative estimate of drug-likeness (QED) is 0.872. The van der Waals surface area contributed by atoms with E-state index in [0.29, 0.717) is 17.0 Å². The van der Waals surface area contributed by atoms with E-state index < -0.39 is 5.97 Å². The van der Waals surface area contributed by atoms with Gasteiger partial charge in [-0.25, -0.2) is 9.78 Å². The van der Waals surface area contributed by atoms with Crippen LogP contribution in [0.5, 0.6) is 0 Å². The summed E-state index contributed by atoms with van der Waals surface area (Å²) < 4.78 is 5.06. The molecule has 0 atom stereocenters. The average molecular weight is 238 g/mol. The zero-order valence-electron chi connectivity index (χ0n) is 8.40. The molecule has 0 radical (unpaired) electrons. The third kappa shape index (κ3) is 1.79. The Balaban J connectivity index is 2.56. The predicted octanol–water partition coefficient (Wildman–Crippen LogP) is 3.00. The predicted molar refractivity (Wildman–Crippen MR) is 58.6 cm³/mol. The maximum absolute atomic E-state index is 10.9. The molecule has 16 heavy (non-hydrogen) atoms. The number of benzene rings is 1. The molecule has 1 aromatic carbocycles. The van der Waals surface area contributed by atoms with E-state index in [0.717, 1.165) is 0 Å². The first-order valence-corrected chi connectivity index (χ1v) is 4.90. The lowest BCUT2D eigenvalue weighted by molar-refractivity contribution is 0.0697. The highest BCUT2D eigenvalue weighted by atomic mass is 35.5. The van der Waals surface area contributed by atoms with Crippen molar-refractivity contribution < 1.29 is 14.3 Å². The zero-order valence-corrected chi connectivity index (χ0v) is 9.15. The fourth-order valence-corrected chi connectivity index (χ4v) is 1.62. The number of aryl methyl sites for hydroxylation is 1. The molecule has 0 aliphatic rings. The summed E-state index contributed by atoms with van der Waals surface area (Å²) in [7, 11) is 0. The molecule has 0 bridgehead atoms. The number of hydrogen-bond acceptors (Lipinski definition) is 3. The van der Waals surface area contributed by atoms with Gasteiger partial charge in [0, 0.05) is 5.56 Å². The van der Waals surface area contributed by atoms with Crippen molar-refractivity contribution in [2.45, 2.75) is 6.92 Å². The largest absolute Gasteiger partial charge is 0.478 e. The lowest BCUT2D eigenvalue weighted by Gasteiger charge is -2.02. The monoisotopic (exact) mass is 237 g/mol. The summed E-state index contributed by atoms with van der Waals surface area (Å²) in [6, 6.07) is 4.73. The van der Waals surface area contributed by atoms with Gasteiger partial charge in [0.1, 0.15) is 11.5 Å². The topological polar surface area (TPSA) is 63.3 Å². The van der Waals surface area contributed by atoms with Crippen molar-refractivity contribution in [1.82, 2.24) is 4.98 Å². The number of rotatable bonds is 2. The molecular weight excluding hydrogens is 230 g/mol. The summed E-state index contributed by atoms with van der Waals surface area (Å²) in [5.74, 6) is -0.424. The van der Waals surface area contributed by atoms with Gasteiger partial charge in [-0.2, -0.15) is 0 Å². The summed E-state index contributed by atoms with van der Waals surface area (Å²) in [6.07, 6.45) is 1.32. The maximum Gasteiger partial charge on any atom is 0.337 e. The Hall–Kier alpha value is -1.81. The Kier molecular flexibility index (Phi) is 2.66. The summed E-state index contributed by atoms with van der Waals surface area (Å²) in [5, 5.41) is 9.13. The van der Waals surface area contributed by atoms with Gasteiger partial charge in [-0.15, -0.1) is 0 Å². The summed E-state index contributed by atoms with van der Waals surface area (Å²) in [6.45, 7) is 1.76. The summed E-state index contributed by atoms with van der Waals surface area (Å²) in [5.41, 5.74) is 1.36. The van der Waals surface area contributed by atoms with Gasteiger partial charge >= 0.3 is 5.97 Å². The van der Waals surface area contributed by atoms with Gasteiger partial charge in [0.2, 0.25) is 0 Å². The first-order valence-electron chi connectivity index (χ1n) is 4.53. The smallest absolute Gasteiger partial charge is 0.337 e. The molecule has 0 amide bonds. The second kappa shape index (κ2) is 3.98. The maximum atomic E-state index is 10.9. The number of hydrogen-bond donors (Lipinski definition) is 1. The Morgan fingerprint density at radius 1 is 1.50 bits per heavy atom. The van der Waals surface area contributed by atoms with Crippen LogP contribution in [0.1, 0.15) is 16.1 Å². The highest BCUT2D eigenvalue weighted by molar-refractivity contribution is 6.33. The Morgan fingerprint density at radius 2 is 2.25 bits per heavy atom. The molecule has 0 unspecified atom stereocenters. The average Bonchev–Trinajstić information content (AvgIpc) is 2.65. The van der Waals surface area contributed by atoms with Crippen LogP contribution in [0.15, 0.2) is 29.0 Å². The van der Waals surface area contributed by atoms with Crippen LogP contribution in [0.3, 0.4) is 0 Å². The normalized spacial score (nSPS) is 10.4. The SMILES string of the molecule is Cc1ocnc1-c1ccc(Cl)c(C(=O)O)c1. The van der Waals surface area contributed by atoms with Crippen LogP contribution < -0.4 is 0 Å². The van der Waals surface area contributed by atoms with E-state index in [-0.39, 0.29) is 10.6 Å². The van der Waals surface area contributed by atoms with Gasteiger partial charge in [0.25, 0.3) is 0 Å². The minimum absolute atomic E-state index is 0.0570. The number of nitrogens with zero attached hydrogens (tertiary/aromatic N) is 1. The van der Waals surface area contributed by atoms with E-state index in [9.17, 15) is 4.79 Å². The molecule has 82 valence electrons. The molecule has 1 aromatic heterocycles. The van der Waals surface area contributed by atoms with Crippen molar-refractivity contribution in [1.29, 1.82) is 0 Å². The number of carboxylic acids is 1.